The quantitative estimate of drug-likeness (QED) is 0.178. The van der Waals surface area contributed by atoms with Crippen LogP contribution in [-0.2, 0) is 5.41 Å². The van der Waals surface area contributed by atoms with Gasteiger partial charge in [-0.3, -0.25) is 0 Å². The topological polar surface area (TPSA) is 35.0 Å². The number of hydrogen-bond donors (Lipinski definition) is 0. The van der Waals surface area contributed by atoms with Gasteiger partial charge in [0.25, 0.3) is 0 Å². The Labute approximate surface area is 326 Å². The van der Waals surface area contributed by atoms with Gasteiger partial charge in [-0.2, -0.15) is 0 Å². The summed E-state index contributed by atoms with van der Waals surface area (Å²) in [6, 6.07) is 64.7. The van der Waals surface area contributed by atoms with Crippen molar-refractivity contribution in [1.29, 1.82) is 0 Å². The average molecular weight is 717 g/mol. The standard InChI is InChI=1S/C53H36N2O/c1-53(2)45-19-10-9-16-40(45)41-26-24-38(31-46(41)53)48-32-47(54-52(55-48)36-14-7-4-8-15-36)35-22-20-33(21-23-35)37-25-28-49-44(30-37)43-18-11-17-42-39(34-12-5-3-6-13-34)27-29-50(56-49)51(42)43/h3-32H,1-2H3. The molecule has 11 rings (SSSR count). The van der Waals surface area contributed by atoms with Crippen LogP contribution in [-0.4, -0.2) is 9.97 Å². The van der Waals surface area contributed by atoms with E-state index in [1.165, 1.54) is 44.3 Å². The summed E-state index contributed by atoms with van der Waals surface area (Å²) < 4.78 is 6.54. The summed E-state index contributed by atoms with van der Waals surface area (Å²) in [4.78, 5) is 10.3. The van der Waals surface area contributed by atoms with Crippen LogP contribution in [0.3, 0.4) is 0 Å². The van der Waals surface area contributed by atoms with Gasteiger partial charge in [0.1, 0.15) is 11.5 Å². The first kappa shape index (κ1) is 32.3. The van der Waals surface area contributed by atoms with E-state index in [-0.39, 0.29) is 5.41 Å². The van der Waals surface area contributed by atoms with Gasteiger partial charge in [0.15, 0.2) is 5.82 Å². The van der Waals surface area contributed by atoms with E-state index in [1.807, 2.05) is 18.2 Å². The molecule has 1 aliphatic carbocycles. The van der Waals surface area contributed by atoms with Crippen molar-refractivity contribution >= 4 is 10.8 Å². The zero-order valence-electron chi connectivity index (χ0n) is 31.1. The van der Waals surface area contributed by atoms with Crippen LogP contribution in [0.2, 0.25) is 0 Å². The summed E-state index contributed by atoms with van der Waals surface area (Å²) in [5, 5.41) is 2.35. The van der Waals surface area contributed by atoms with Gasteiger partial charge in [0, 0.05) is 33.1 Å². The SMILES string of the molecule is CC1(C)c2ccccc2-c2ccc(-c3cc(-c4ccc(-c5ccc6c(c5)-c5cccc7c(-c8ccccc8)ccc(c57)O6)cc4)nc(-c4ccccc4)n3)cc21. The predicted molar refractivity (Wildman–Crippen MR) is 230 cm³/mol. The Hall–Kier alpha value is -7.10. The second-order valence-electron chi connectivity index (χ2n) is 15.4. The maximum Gasteiger partial charge on any atom is 0.160 e. The fraction of sp³-hybridized carbons (Fsp3) is 0.0566. The third-order valence-electron chi connectivity index (χ3n) is 11.7. The molecule has 264 valence electrons. The van der Waals surface area contributed by atoms with Crippen molar-refractivity contribution in [3.8, 4) is 89.9 Å². The maximum absolute atomic E-state index is 6.54. The van der Waals surface area contributed by atoms with E-state index in [9.17, 15) is 0 Å². The van der Waals surface area contributed by atoms with E-state index >= 15 is 0 Å². The molecule has 0 amide bonds. The highest BCUT2D eigenvalue weighted by Gasteiger charge is 2.35. The molecule has 0 unspecified atom stereocenters. The smallest absolute Gasteiger partial charge is 0.160 e. The van der Waals surface area contributed by atoms with Gasteiger partial charge < -0.3 is 4.74 Å². The summed E-state index contributed by atoms with van der Waals surface area (Å²) in [7, 11) is 0. The van der Waals surface area contributed by atoms with Gasteiger partial charge in [-0.15, -0.1) is 0 Å². The molecule has 0 saturated carbocycles. The summed E-state index contributed by atoms with van der Waals surface area (Å²) in [5.74, 6) is 2.48. The first-order valence-electron chi connectivity index (χ1n) is 19.2. The lowest BCUT2D eigenvalue weighted by Crippen LogP contribution is -2.14. The van der Waals surface area contributed by atoms with Crippen LogP contribution in [0.25, 0.3) is 89.2 Å². The largest absolute Gasteiger partial charge is 0.456 e. The van der Waals surface area contributed by atoms with E-state index in [0.29, 0.717) is 5.82 Å². The van der Waals surface area contributed by atoms with E-state index in [0.717, 1.165) is 61.7 Å². The number of aromatic nitrogens is 2. The molecule has 9 aromatic rings. The highest BCUT2D eigenvalue weighted by atomic mass is 16.5. The molecule has 8 aromatic carbocycles. The number of nitrogens with zero attached hydrogens (tertiary/aromatic N) is 2. The summed E-state index contributed by atoms with van der Waals surface area (Å²) in [5.41, 5.74) is 17.1. The number of ether oxygens (including phenoxy) is 1. The maximum atomic E-state index is 6.54. The zero-order valence-corrected chi connectivity index (χ0v) is 31.1. The Balaban J connectivity index is 0.973. The summed E-state index contributed by atoms with van der Waals surface area (Å²) in [6.07, 6.45) is 0. The normalized spacial score (nSPS) is 13.1. The van der Waals surface area contributed by atoms with Crippen molar-refractivity contribution in [3.63, 3.8) is 0 Å². The minimum absolute atomic E-state index is 0.0975. The van der Waals surface area contributed by atoms with Crippen LogP contribution < -0.4 is 4.74 Å². The number of rotatable bonds is 5. The van der Waals surface area contributed by atoms with Crippen LogP contribution in [0.1, 0.15) is 25.0 Å². The summed E-state index contributed by atoms with van der Waals surface area (Å²) >= 11 is 0. The fourth-order valence-corrected chi connectivity index (χ4v) is 8.84. The molecule has 2 heterocycles. The minimum Gasteiger partial charge on any atom is -0.456 e. The van der Waals surface area contributed by atoms with Crippen LogP contribution in [0.5, 0.6) is 11.5 Å². The molecule has 0 radical (unpaired) electrons. The molecule has 56 heavy (non-hydrogen) atoms. The Morgan fingerprint density at radius 1 is 0.375 bits per heavy atom. The van der Waals surface area contributed by atoms with Gasteiger partial charge in [-0.05, 0) is 85.8 Å². The lowest BCUT2D eigenvalue weighted by molar-refractivity contribution is 0.487. The third-order valence-corrected chi connectivity index (χ3v) is 11.7. The molecule has 1 aromatic heterocycles. The molecule has 0 N–H and O–H groups in total. The van der Waals surface area contributed by atoms with Gasteiger partial charge in [0.2, 0.25) is 0 Å². The lowest BCUT2D eigenvalue weighted by atomic mass is 9.82. The van der Waals surface area contributed by atoms with E-state index in [4.69, 9.17) is 14.7 Å². The second kappa shape index (κ2) is 12.5. The molecule has 2 aliphatic rings. The molecular formula is C53H36N2O. The Kier molecular flexibility index (Phi) is 7.20. The van der Waals surface area contributed by atoms with E-state index in [1.54, 1.807) is 0 Å². The molecule has 3 nitrogen and oxygen atoms in total. The van der Waals surface area contributed by atoms with Crippen molar-refractivity contribution < 1.29 is 4.74 Å². The molecule has 0 fully saturated rings. The number of fused-ring (bicyclic) bond motifs is 5. The fourth-order valence-electron chi connectivity index (χ4n) is 8.84. The predicted octanol–water partition coefficient (Wildman–Crippen LogP) is 14.0. The van der Waals surface area contributed by atoms with Crippen molar-refractivity contribution in [3.05, 3.63) is 193 Å². The van der Waals surface area contributed by atoms with Crippen LogP contribution in [0.15, 0.2) is 182 Å². The minimum atomic E-state index is -0.0975. The van der Waals surface area contributed by atoms with Gasteiger partial charge in [0.05, 0.1) is 11.4 Å². The van der Waals surface area contributed by atoms with Crippen molar-refractivity contribution in [1.82, 2.24) is 9.97 Å². The first-order chi connectivity index (χ1) is 27.5. The molecular weight excluding hydrogens is 681 g/mol. The Morgan fingerprint density at radius 2 is 0.982 bits per heavy atom. The lowest BCUT2D eigenvalue weighted by Gasteiger charge is -2.23. The van der Waals surface area contributed by atoms with Crippen molar-refractivity contribution in [2.45, 2.75) is 19.3 Å². The Bertz CT molecular complexity index is 3000. The number of hydrogen-bond acceptors (Lipinski definition) is 3. The van der Waals surface area contributed by atoms with Gasteiger partial charge in [-0.1, -0.05) is 166 Å². The van der Waals surface area contributed by atoms with Gasteiger partial charge in [-0.25, -0.2) is 9.97 Å². The molecule has 3 heteroatoms. The van der Waals surface area contributed by atoms with Crippen molar-refractivity contribution in [2.24, 2.45) is 0 Å². The van der Waals surface area contributed by atoms with Crippen LogP contribution >= 0.6 is 0 Å². The monoisotopic (exact) mass is 716 g/mol. The molecule has 0 atom stereocenters. The van der Waals surface area contributed by atoms with Crippen LogP contribution in [0.4, 0.5) is 0 Å². The first-order valence-corrected chi connectivity index (χ1v) is 19.2. The average Bonchev–Trinajstić information content (AvgIpc) is 3.49. The van der Waals surface area contributed by atoms with Crippen LogP contribution in [0, 0.1) is 0 Å². The van der Waals surface area contributed by atoms with Crippen molar-refractivity contribution in [2.75, 3.05) is 0 Å². The Morgan fingerprint density at radius 3 is 1.79 bits per heavy atom. The highest BCUT2D eigenvalue weighted by Crippen LogP contribution is 2.51. The van der Waals surface area contributed by atoms with Gasteiger partial charge >= 0.3 is 0 Å². The molecule has 0 spiro atoms. The second-order valence-corrected chi connectivity index (χ2v) is 15.4. The van der Waals surface area contributed by atoms with E-state index < -0.39 is 0 Å². The summed E-state index contributed by atoms with van der Waals surface area (Å²) in [6.45, 7) is 4.64. The molecule has 0 saturated heterocycles. The third kappa shape index (κ3) is 5.12. The number of benzene rings is 8. The van der Waals surface area contributed by atoms with E-state index in [2.05, 4.69) is 178 Å². The molecule has 1 aliphatic heterocycles. The molecule has 0 bridgehead atoms. The zero-order chi connectivity index (χ0) is 37.4. The highest BCUT2D eigenvalue weighted by molar-refractivity contribution is 6.10.